The van der Waals surface area contributed by atoms with Gasteiger partial charge in [-0.15, -0.1) is 0 Å². The third kappa shape index (κ3) is 2.40. The topological polar surface area (TPSA) is 43.8 Å². The molecule has 1 aromatic rings. The van der Waals surface area contributed by atoms with Crippen molar-refractivity contribution in [1.29, 1.82) is 0 Å². The van der Waals surface area contributed by atoms with Crippen LogP contribution in [0.3, 0.4) is 0 Å². The number of hydrogen-bond donors (Lipinski definition) is 1. The van der Waals surface area contributed by atoms with E-state index >= 15 is 0 Å². The molecule has 0 bridgehead atoms. The van der Waals surface area contributed by atoms with E-state index in [0.29, 0.717) is 6.04 Å². The monoisotopic (exact) mass is 207 g/mol. The number of nitrogens with two attached hydrogens (primary N) is 1. The Hall–Kier alpha value is -0.830. The lowest BCUT2D eigenvalue weighted by molar-refractivity contribution is 0.526. The Balaban J connectivity index is 2.24. The molecule has 1 heterocycles. The Bertz CT molecular complexity index is 335. The summed E-state index contributed by atoms with van der Waals surface area (Å²) in [7, 11) is 0. The third-order valence-electron chi connectivity index (χ3n) is 2.88. The van der Waals surface area contributed by atoms with Crippen LogP contribution in [-0.2, 0) is 6.42 Å². The summed E-state index contributed by atoms with van der Waals surface area (Å²) >= 11 is 0. The van der Waals surface area contributed by atoms with E-state index in [0.717, 1.165) is 12.3 Å². The molecule has 3 nitrogen and oxygen atoms in total. The fourth-order valence-corrected chi connectivity index (χ4v) is 1.91. The zero-order valence-corrected chi connectivity index (χ0v) is 9.90. The van der Waals surface area contributed by atoms with Crippen molar-refractivity contribution in [1.82, 2.24) is 9.78 Å². The second kappa shape index (κ2) is 3.97. The van der Waals surface area contributed by atoms with Crippen LogP contribution in [-0.4, -0.2) is 15.8 Å². The first-order valence-electron chi connectivity index (χ1n) is 5.91. The number of rotatable bonds is 4. The maximum absolute atomic E-state index is 5.86. The lowest BCUT2D eigenvalue weighted by Crippen LogP contribution is -2.18. The minimum atomic E-state index is 0.229. The van der Waals surface area contributed by atoms with Crippen LogP contribution in [0, 0.1) is 0 Å². The zero-order valence-electron chi connectivity index (χ0n) is 9.90. The Morgan fingerprint density at radius 1 is 1.47 bits per heavy atom. The summed E-state index contributed by atoms with van der Waals surface area (Å²) < 4.78 is 2.07. The second-order valence-electron chi connectivity index (χ2n) is 5.07. The van der Waals surface area contributed by atoms with Gasteiger partial charge in [-0.05, 0) is 45.6 Å². The minimum Gasteiger partial charge on any atom is -0.328 e. The molecule has 1 aliphatic rings. The SMILES string of the molecule is CC(N)Cc1cn(C(C)C)nc1C1CC1. The summed E-state index contributed by atoms with van der Waals surface area (Å²) in [5, 5.41) is 4.69. The van der Waals surface area contributed by atoms with Gasteiger partial charge in [0.25, 0.3) is 0 Å². The van der Waals surface area contributed by atoms with E-state index < -0.39 is 0 Å². The van der Waals surface area contributed by atoms with Crippen LogP contribution in [0.1, 0.15) is 56.8 Å². The van der Waals surface area contributed by atoms with Gasteiger partial charge in [0.2, 0.25) is 0 Å². The summed E-state index contributed by atoms with van der Waals surface area (Å²) in [4.78, 5) is 0. The van der Waals surface area contributed by atoms with Crippen molar-refractivity contribution < 1.29 is 0 Å². The van der Waals surface area contributed by atoms with Gasteiger partial charge in [-0.3, -0.25) is 4.68 Å². The molecule has 1 fully saturated rings. The maximum Gasteiger partial charge on any atom is 0.0688 e. The number of hydrogen-bond acceptors (Lipinski definition) is 2. The highest BCUT2D eigenvalue weighted by Gasteiger charge is 2.29. The highest BCUT2D eigenvalue weighted by atomic mass is 15.3. The van der Waals surface area contributed by atoms with Crippen LogP contribution >= 0.6 is 0 Å². The van der Waals surface area contributed by atoms with Gasteiger partial charge < -0.3 is 5.73 Å². The summed E-state index contributed by atoms with van der Waals surface area (Å²) in [6.45, 7) is 6.39. The first-order valence-corrected chi connectivity index (χ1v) is 5.91. The van der Waals surface area contributed by atoms with Crippen molar-refractivity contribution >= 4 is 0 Å². The molecule has 0 aromatic carbocycles. The Morgan fingerprint density at radius 3 is 2.60 bits per heavy atom. The lowest BCUT2D eigenvalue weighted by atomic mass is 10.1. The standard InChI is InChI=1S/C12H21N3/c1-8(2)15-7-11(6-9(3)13)12(14-15)10-4-5-10/h7-10H,4-6,13H2,1-3H3. The third-order valence-corrected chi connectivity index (χ3v) is 2.88. The average Bonchev–Trinajstić information content (AvgIpc) is 2.88. The predicted octanol–water partition coefficient (Wildman–Crippen LogP) is 2.23. The van der Waals surface area contributed by atoms with Crippen molar-refractivity contribution in [3.05, 3.63) is 17.5 Å². The van der Waals surface area contributed by atoms with E-state index in [1.807, 2.05) is 0 Å². The molecule has 1 saturated carbocycles. The van der Waals surface area contributed by atoms with Crippen LogP contribution < -0.4 is 5.73 Å². The number of nitrogens with zero attached hydrogens (tertiary/aromatic N) is 2. The summed E-state index contributed by atoms with van der Waals surface area (Å²) in [5.74, 6) is 0.721. The van der Waals surface area contributed by atoms with Crippen molar-refractivity contribution in [2.24, 2.45) is 5.73 Å². The molecule has 1 unspecified atom stereocenters. The van der Waals surface area contributed by atoms with Gasteiger partial charge in [0.05, 0.1) is 5.69 Å². The van der Waals surface area contributed by atoms with Crippen LogP contribution in [0.25, 0.3) is 0 Å². The van der Waals surface area contributed by atoms with E-state index in [2.05, 4.69) is 36.7 Å². The largest absolute Gasteiger partial charge is 0.328 e. The van der Waals surface area contributed by atoms with Crippen LogP contribution in [0.5, 0.6) is 0 Å². The molecule has 2 rings (SSSR count). The van der Waals surface area contributed by atoms with Crippen LogP contribution in [0.15, 0.2) is 6.20 Å². The minimum absolute atomic E-state index is 0.229. The fraction of sp³-hybridized carbons (Fsp3) is 0.750. The smallest absolute Gasteiger partial charge is 0.0688 e. The molecule has 1 aliphatic carbocycles. The van der Waals surface area contributed by atoms with E-state index in [1.165, 1.54) is 24.1 Å². The molecule has 15 heavy (non-hydrogen) atoms. The normalized spacial score (nSPS) is 18.5. The Labute approximate surface area is 91.7 Å². The lowest BCUT2D eigenvalue weighted by Gasteiger charge is -2.04. The average molecular weight is 207 g/mol. The van der Waals surface area contributed by atoms with E-state index in [1.54, 1.807) is 0 Å². The van der Waals surface area contributed by atoms with Gasteiger partial charge >= 0.3 is 0 Å². The van der Waals surface area contributed by atoms with Crippen molar-refractivity contribution in [2.45, 2.75) is 58.0 Å². The molecule has 1 atom stereocenters. The van der Waals surface area contributed by atoms with Crippen molar-refractivity contribution in [3.63, 3.8) is 0 Å². The molecule has 0 saturated heterocycles. The molecular formula is C12H21N3. The van der Waals surface area contributed by atoms with E-state index in [9.17, 15) is 0 Å². The summed E-state index contributed by atoms with van der Waals surface area (Å²) in [5.41, 5.74) is 8.53. The first kappa shape index (κ1) is 10.7. The summed E-state index contributed by atoms with van der Waals surface area (Å²) in [6, 6.07) is 0.677. The molecule has 84 valence electrons. The maximum atomic E-state index is 5.86. The summed E-state index contributed by atoms with van der Waals surface area (Å²) in [6.07, 6.45) is 5.75. The fourth-order valence-electron chi connectivity index (χ4n) is 1.91. The van der Waals surface area contributed by atoms with Gasteiger partial charge in [-0.1, -0.05) is 0 Å². The molecule has 0 amide bonds. The molecule has 2 N–H and O–H groups in total. The molecular weight excluding hydrogens is 186 g/mol. The van der Waals surface area contributed by atoms with E-state index in [4.69, 9.17) is 5.73 Å². The van der Waals surface area contributed by atoms with Gasteiger partial charge in [0, 0.05) is 24.2 Å². The Kier molecular flexibility index (Phi) is 2.83. The van der Waals surface area contributed by atoms with E-state index in [-0.39, 0.29) is 6.04 Å². The van der Waals surface area contributed by atoms with Gasteiger partial charge in [0.1, 0.15) is 0 Å². The molecule has 0 spiro atoms. The van der Waals surface area contributed by atoms with Gasteiger partial charge in [-0.2, -0.15) is 5.10 Å². The van der Waals surface area contributed by atoms with Gasteiger partial charge in [-0.25, -0.2) is 0 Å². The molecule has 1 aromatic heterocycles. The zero-order chi connectivity index (χ0) is 11.0. The van der Waals surface area contributed by atoms with Crippen LogP contribution in [0.2, 0.25) is 0 Å². The molecule has 3 heteroatoms. The predicted molar refractivity (Wildman–Crippen MR) is 61.9 cm³/mol. The van der Waals surface area contributed by atoms with Crippen molar-refractivity contribution in [2.75, 3.05) is 0 Å². The highest BCUT2D eigenvalue weighted by Crippen LogP contribution is 2.41. The van der Waals surface area contributed by atoms with Crippen LogP contribution in [0.4, 0.5) is 0 Å². The quantitative estimate of drug-likeness (QED) is 0.822. The highest BCUT2D eigenvalue weighted by molar-refractivity contribution is 5.25. The number of aromatic nitrogens is 2. The molecule has 0 aliphatic heterocycles. The molecule has 0 radical (unpaired) electrons. The van der Waals surface area contributed by atoms with Crippen molar-refractivity contribution in [3.8, 4) is 0 Å². The Morgan fingerprint density at radius 2 is 2.13 bits per heavy atom. The van der Waals surface area contributed by atoms with Gasteiger partial charge in [0.15, 0.2) is 0 Å². The first-order chi connectivity index (χ1) is 7.08. The second-order valence-corrected chi connectivity index (χ2v) is 5.07.